The summed E-state index contributed by atoms with van der Waals surface area (Å²) in [5, 5.41) is 3.31. The van der Waals surface area contributed by atoms with Crippen LogP contribution >= 0.6 is 15.9 Å². The highest BCUT2D eigenvalue weighted by Crippen LogP contribution is 2.37. The van der Waals surface area contributed by atoms with Crippen LogP contribution in [-0.4, -0.2) is 28.6 Å². The van der Waals surface area contributed by atoms with Crippen molar-refractivity contribution < 1.29 is 26.3 Å². The van der Waals surface area contributed by atoms with Gasteiger partial charge in [0.25, 0.3) is 0 Å². The van der Waals surface area contributed by atoms with Crippen LogP contribution in [-0.2, 0) is 18.9 Å². The SMILES string of the molecule is CC[C@@H]1C[C@H](N(Cc2cc(C(F)(F)F)cc(C(F)(F)F)c2)c2ncc(Br)cn2)CN1. The van der Waals surface area contributed by atoms with Gasteiger partial charge in [-0.25, -0.2) is 9.97 Å². The van der Waals surface area contributed by atoms with Gasteiger partial charge >= 0.3 is 12.4 Å². The number of alkyl halides is 6. The van der Waals surface area contributed by atoms with E-state index in [2.05, 4.69) is 31.2 Å². The van der Waals surface area contributed by atoms with Gasteiger partial charge in [-0.1, -0.05) is 6.92 Å². The maximum Gasteiger partial charge on any atom is 0.416 e. The molecule has 164 valence electrons. The molecule has 2 aromatic rings. The molecule has 4 nitrogen and oxygen atoms in total. The summed E-state index contributed by atoms with van der Waals surface area (Å²) in [7, 11) is 0. The van der Waals surface area contributed by atoms with E-state index in [-0.39, 0.29) is 36.2 Å². The van der Waals surface area contributed by atoms with Crippen LogP contribution in [0.15, 0.2) is 35.1 Å². The van der Waals surface area contributed by atoms with Crippen LogP contribution in [0, 0.1) is 0 Å². The third-order valence-corrected chi connectivity index (χ3v) is 5.41. The van der Waals surface area contributed by atoms with E-state index in [1.54, 1.807) is 4.90 Å². The van der Waals surface area contributed by atoms with Gasteiger partial charge in [-0.15, -0.1) is 0 Å². The van der Waals surface area contributed by atoms with Gasteiger partial charge in [0.2, 0.25) is 5.95 Å². The molecule has 30 heavy (non-hydrogen) atoms. The largest absolute Gasteiger partial charge is 0.416 e. The average Bonchev–Trinajstić information content (AvgIpc) is 3.14. The van der Waals surface area contributed by atoms with Crippen LogP contribution in [0.5, 0.6) is 0 Å². The minimum Gasteiger partial charge on any atom is -0.332 e. The van der Waals surface area contributed by atoms with Gasteiger partial charge in [-0.2, -0.15) is 26.3 Å². The molecule has 1 N–H and O–H groups in total. The summed E-state index contributed by atoms with van der Waals surface area (Å²) < 4.78 is 79.9. The molecule has 1 aromatic carbocycles. The van der Waals surface area contributed by atoms with Crippen LogP contribution in [0.25, 0.3) is 0 Å². The van der Waals surface area contributed by atoms with E-state index >= 15 is 0 Å². The fourth-order valence-corrected chi connectivity index (χ4v) is 3.68. The summed E-state index contributed by atoms with van der Waals surface area (Å²) in [5.41, 5.74) is -2.77. The summed E-state index contributed by atoms with van der Waals surface area (Å²) >= 11 is 3.22. The van der Waals surface area contributed by atoms with Crippen molar-refractivity contribution in [1.29, 1.82) is 0 Å². The minimum atomic E-state index is -4.89. The summed E-state index contributed by atoms with van der Waals surface area (Å²) in [6, 6.07) is 1.68. The number of benzene rings is 1. The molecule has 3 rings (SSSR count). The third-order valence-electron chi connectivity index (χ3n) is 5.00. The Hall–Kier alpha value is -1.88. The van der Waals surface area contributed by atoms with E-state index in [0.29, 0.717) is 17.4 Å². The number of hydrogen-bond donors (Lipinski definition) is 1. The number of anilines is 1. The minimum absolute atomic E-state index is 0.108. The van der Waals surface area contributed by atoms with Gasteiger partial charge in [-0.05, 0) is 52.5 Å². The normalized spacial score (nSPS) is 19.9. The number of aromatic nitrogens is 2. The molecule has 0 radical (unpaired) electrons. The first kappa shape index (κ1) is 22.8. The highest BCUT2D eigenvalue weighted by Gasteiger charge is 2.37. The van der Waals surface area contributed by atoms with E-state index < -0.39 is 23.5 Å². The first-order valence-electron chi connectivity index (χ1n) is 9.23. The summed E-state index contributed by atoms with van der Waals surface area (Å²) in [4.78, 5) is 10.1. The van der Waals surface area contributed by atoms with Crippen molar-refractivity contribution in [2.45, 2.75) is 50.7 Å². The van der Waals surface area contributed by atoms with Crippen molar-refractivity contribution >= 4 is 21.9 Å². The molecule has 0 bridgehead atoms. The van der Waals surface area contributed by atoms with Gasteiger partial charge in [0.15, 0.2) is 0 Å². The Kier molecular flexibility index (Phi) is 6.61. The summed E-state index contributed by atoms with van der Waals surface area (Å²) in [5.74, 6) is 0.243. The molecular weight excluding hydrogens is 478 g/mol. The predicted molar refractivity (Wildman–Crippen MR) is 103 cm³/mol. The number of halogens is 7. The zero-order valence-corrected chi connectivity index (χ0v) is 17.4. The second-order valence-electron chi connectivity index (χ2n) is 7.15. The monoisotopic (exact) mass is 496 g/mol. The molecule has 0 saturated carbocycles. The smallest absolute Gasteiger partial charge is 0.332 e. The van der Waals surface area contributed by atoms with E-state index in [1.807, 2.05) is 6.92 Å². The van der Waals surface area contributed by atoms with Crippen molar-refractivity contribution in [3.63, 3.8) is 0 Å². The van der Waals surface area contributed by atoms with Crippen molar-refractivity contribution in [3.8, 4) is 0 Å². The van der Waals surface area contributed by atoms with Crippen LogP contribution in [0.4, 0.5) is 32.3 Å². The Morgan fingerprint density at radius 1 is 1.03 bits per heavy atom. The van der Waals surface area contributed by atoms with Crippen molar-refractivity contribution in [1.82, 2.24) is 15.3 Å². The van der Waals surface area contributed by atoms with E-state index in [4.69, 9.17) is 0 Å². The van der Waals surface area contributed by atoms with Crippen LogP contribution in [0.2, 0.25) is 0 Å². The Balaban J connectivity index is 2.00. The Bertz CT molecular complexity index is 837. The molecule has 0 amide bonds. The van der Waals surface area contributed by atoms with Crippen molar-refractivity contribution in [3.05, 3.63) is 51.8 Å². The Morgan fingerprint density at radius 2 is 1.60 bits per heavy atom. The molecule has 2 atom stereocenters. The van der Waals surface area contributed by atoms with Gasteiger partial charge < -0.3 is 10.2 Å². The van der Waals surface area contributed by atoms with Crippen LogP contribution in [0.1, 0.15) is 36.5 Å². The topological polar surface area (TPSA) is 41.1 Å². The highest BCUT2D eigenvalue weighted by atomic mass is 79.9. The molecule has 1 saturated heterocycles. The van der Waals surface area contributed by atoms with Gasteiger partial charge in [0.1, 0.15) is 0 Å². The summed E-state index contributed by atoms with van der Waals surface area (Å²) in [6.45, 7) is 2.35. The summed E-state index contributed by atoms with van der Waals surface area (Å²) in [6.07, 6.45) is -5.27. The van der Waals surface area contributed by atoms with Gasteiger partial charge in [0.05, 0.1) is 15.6 Å². The maximum atomic E-state index is 13.2. The molecule has 1 aliphatic rings. The van der Waals surface area contributed by atoms with Crippen molar-refractivity contribution in [2.24, 2.45) is 0 Å². The molecule has 0 unspecified atom stereocenters. The molecule has 1 aromatic heterocycles. The standard InChI is InChI=1S/C19H19BrF6N4/c1-2-15-6-16(9-27-15)30(17-28-7-14(20)8-29-17)10-11-3-12(18(21,22)23)5-13(4-11)19(24,25)26/h3-5,7-8,15-16,27H,2,6,9-10H2,1H3/t15-,16+/m1/s1. The van der Waals surface area contributed by atoms with E-state index in [9.17, 15) is 26.3 Å². The fraction of sp³-hybridized carbons (Fsp3) is 0.474. The molecular formula is C19H19BrF6N4. The molecule has 1 fully saturated rings. The van der Waals surface area contributed by atoms with E-state index in [1.165, 1.54) is 12.4 Å². The van der Waals surface area contributed by atoms with Crippen LogP contribution in [0.3, 0.4) is 0 Å². The lowest BCUT2D eigenvalue weighted by molar-refractivity contribution is -0.143. The zero-order valence-electron chi connectivity index (χ0n) is 15.9. The predicted octanol–water partition coefficient (Wildman–Crippen LogP) is 5.42. The number of rotatable bonds is 5. The first-order valence-corrected chi connectivity index (χ1v) is 10.0. The maximum absolute atomic E-state index is 13.2. The Morgan fingerprint density at radius 3 is 2.07 bits per heavy atom. The molecule has 2 heterocycles. The highest BCUT2D eigenvalue weighted by molar-refractivity contribution is 9.10. The third kappa shape index (κ3) is 5.42. The first-order chi connectivity index (χ1) is 14.0. The number of hydrogen-bond acceptors (Lipinski definition) is 4. The molecule has 0 aliphatic carbocycles. The lowest BCUT2D eigenvalue weighted by atomic mass is 10.0. The quantitative estimate of drug-likeness (QED) is 0.561. The number of nitrogens with zero attached hydrogens (tertiary/aromatic N) is 3. The lowest BCUT2D eigenvalue weighted by Crippen LogP contribution is -2.37. The van der Waals surface area contributed by atoms with Gasteiger partial charge in [-0.3, -0.25) is 0 Å². The second-order valence-corrected chi connectivity index (χ2v) is 8.06. The Labute approximate surface area is 177 Å². The van der Waals surface area contributed by atoms with Gasteiger partial charge in [0, 0.05) is 37.6 Å². The van der Waals surface area contributed by atoms with Crippen LogP contribution < -0.4 is 10.2 Å². The zero-order chi connectivity index (χ0) is 22.1. The fourth-order valence-electron chi connectivity index (χ4n) is 3.47. The molecule has 11 heteroatoms. The molecule has 1 aliphatic heterocycles. The average molecular weight is 497 g/mol. The van der Waals surface area contributed by atoms with Crippen molar-refractivity contribution in [2.75, 3.05) is 11.4 Å². The second kappa shape index (κ2) is 8.70. The van der Waals surface area contributed by atoms with E-state index in [0.717, 1.165) is 18.6 Å². The lowest BCUT2D eigenvalue weighted by Gasteiger charge is -2.29. The number of nitrogens with one attached hydrogen (secondary N) is 1. The molecule has 0 spiro atoms.